The van der Waals surface area contributed by atoms with Crippen LogP contribution < -0.4 is 5.32 Å². The van der Waals surface area contributed by atoms with Crippen molar-refractivity contribution in [2.45, 2.75) is 13.0 Å². The number of aryl methyl sites for hydroxylation is 1. The van der Waals surface area contributed by atoms with Gasteiger partial charge in [-0.1, -0.05) is 17.3 Å². The van der Waals surface area contributed by atoms with Crippen LogP contribution in [0.2, 0.25) is 0 Å². The Balaban J connectivity index is 1.60. The second-order valence-electron chi connectivity index (χ2n) is 5.82. The van der Waals surface area contributed by atoms with E-state index in [0.717, 1.165) is 5.56 Å². The van der Waals surface area contributed by atoms with Crippen molar-refractivity contribution in [2.24, 2.45) is 7.05 Å². The van der Waals surface area contributed by atoms with Gasteiger partial charge in [-0.3, -0.25) is 0 Å². The Morgan fingerprint density at radius 2 is 2.26 bits per heavy atom. The average Bonchev–Trinajstić information content (AvgIpc) is 3.29. The highest BCUT2D eigenvalue weighted by Crippen LogP contribution is 2.19. The Morgan fingerprint density at radius 3 is 3.00 bits per heavy atom. The number of aromatic nitrogens is 6. The summed E-state index contributed by atoms with van der Waals surface area (Å²) in [5.74, 6) is 1.39. The lowest BCUT2D eigenvalue weighted by Crippen LogP contribution is -2.31. The topological polar surface area (TPSA) is 124 Å². The molecule has 0 aliphatic heterocycles. The van der Waals surface area contributed by atoms with Crippen molar-refractivity contribution in [3.63, 3.8) is 0 Å². The summed E-state index contributed by atoms with van der Waals surface area (Å²) in [7, 11) is 4.94. The van der Waals surface area contributed by atoms with Gasteiger partial charge in [-0.25, -0.2) is 4.79 Å². The van der Waals surface area contributed by atoms with Gasteiger partial charge in [0.25, 0.3) is 0 Å². The number of benzene rings is 1. The lowest BCUT2D eigenvalue weighted by Gasteiger charge is -2.16. The molecule has 11 heteroatoms. The number of rotatable bonds is 7. The number of carbonyl (C=O) groups is 1. The van der Waals surface area contributed by atoms with Gasteiger partial charge in [0.1, 0.15) is 6.54 Å². The molecule has 0 fully saturated rings. The molecular weight excluding hydrogens is 352 g/mol. The number of tetrazole rings is 1. The highest BCUT2D eigenvalue weighted by atomic mass is 16.5. The third-order valence-electron chi connectivity index (χ3n) is 3.64. The summed E-state index contributed by atoms with van der Waals surface area (Å²) in [6.07, 6.45) is 0.555. The molecule has 1 aromatic carbocycles. The standard InChI is InChI=1S/C16H20N8O3/c1-23(10-14-18-13(21-27-14)7-8-26-3)16(25)17-12-6-4-5-11(9-12)15-19-22-24(2)20-15/h4-6,9H,7-8,10H2,1-3H3,(H,17,25). The molecule has 142 valence electrons. The zero-order valence-corrected chi connectivity index (χ0v) is 15.3. The maximum absolute atomic E-state index is 12.4. The van der Waals surface area contributed by atoms with Crippen molar-refractivity contribution < 1.29 is 14.1 Å². The van der Waals surface area contributed by atoms with Gasteiger partial charge in [0.15, 0.2) is 5.82 Å². The molecule has 27 heavy (non-hydrogen) atoms. The second-order valence-corrected chi connectivity index (χ2v) is 5.82. The Morgan fingerprint density at radius 1 is 1.41 bits per heavy atom. The molecule has 0 atom stereocenters. The van der Waals surface area contributed by atoms with E-state index in [2.05, 4.69) is 30.9 Å². The predicted molar refractivity (Wildman–Crippen MR) is 94.6 cm³/mol. The van der Waals surface area contributed by atoms with Gasteiger partial charge in [0.2, 0.25) is 11.7 Å². The van der Waals surface area contributed by atoms with Crippen molar-refractivity contribution in [1.29, 1.82) is 0 Å². The number of hydrogen-bond donors (Lipinski definition) is 1. The minimum Gasteiger partial charge on any atom is -0.384 e. The first-order valence-corrected chi connectivity index (χ1v) is 8.22. The molecule has 2 heterocycles. The molecule has 0 spiro atoms. The van der Waals surface area contributed by atoms with E-state index < -0.39 is 0 Å². The van der Waals surface area contributed by atoms with Crippen molar-refractivity contribution in [1.82, 2.24) is 35.2 Å². The van der Waals surface area contributed by atoms with Crippen molar-refractivity contribution in [3.05, 3.63) is 36.0 Å². The number of nitrogens with zero attached hydrogens (tertiary/aromatic N) is 7. The van der Waals surface area contributed by atoms with Crippen LogP contribution in [0.5, 0.6) is 0 Å². The Kier molecular flexibility index (Phi) is 5.71. The van der Waals surface area contributed by atoms with Gasteiger partial charge in [-0.15, -0.1) is 10.2 Å². The summed E-state index contributed by atoms with van der Waals surface area (Å²) in [5, 5.41) is 18.6. The van der Waals surface area contributed by atoms with E-state index in [1.165, 1.54) is 9.70 Å². The number of ether oxygens (including phenoxy) is 1. The molecule has 0 saturated heterocycles. The number of urea groups is 1. The fourth-order valence-electron chi connectivity index (χ4n) is 2.28. The van der Waals surface area contributed by atoms with E-state index in [0.29, 0.717) is 36.3 Å². The summed E-state index contributed by atoms with van der Waals surface area (Å²) in [6.45, 7) is 0.698. The number of hydrogen-bond acceptors (Lipinski definition) is 8. The molecule has 1 N–H and O–H groups in total. The van der Waals surface area contributed by atoms with Crippen LogP contribution in [0.3, 0.4) is 0 Å². The largest absolute Gasteiger partial charge is 0.384 e. The summed E-state index contributed by atoms with van der Waals surface area (Å²) in [5.41, 5.74) is 1.37. The van der Waals surface area contributed by atoms with Gasteiger partial charge >= 0.3 is 6.03 Å². The predicted octanol–water partition coefficient (Wildman–Crippen LogP) is 1.11. The first-order chi connectivity index (χ1) is 13.0. The Hall–Kier alpha value is -3.34. The fraction of sp³-hybridized carbons (Fsp3) is 0.375. The molecule has 11 nitrogen and oxygen atoms in total. The Labute approximate surface area is 155 Å². The molecule has 0 aliphatic rings. The second kappa shape index (κ2) is 8.36. The van der Waals surface area contributed by atoms with Crippen LogP contribution in [-0.4, -0.2) is 62.0 Å². The number of anilines is 1. The molecule has 0 saturated carbocycles. The van der Waals surface area contributed by atoms with Crippen LogP contribution >= 0.6 is 0 Å². The van der Waals surface area contributed by atoms with Crippen molar-refractivity contribution in [2.75, 3.05) is 26.1 Å². The van der Waals surface area contributed by atoms with Gasteiger partial charge in [0, 0.05) is 31.8 Å². The van der Waals surface area contributed by atoms with Crippen LogP contribution in [0.25, 0.3) is 11.4 Å². The monoisotopic (exact) mass is 372 g/mol. The lowest BCUT2D eigenvalue weighted by molar-refractivity contribution is 0.199. The minimum absolute atomic E-state index is 0.192. The van der Waals surface area contributed by atoms with Gasteiger partial charge in [-0.05, 0) is 17.3 Å². The van der Waals surface area contributed by atoms with Crippen molar-refractivity contribution >= 4 is 11.7 Å². The molecule has 0 unspecified atom stereocenters. The lowest BCUT2D eigenvalue weighted by atomic mass is 10.2. The molecule has 2 amide bonds. The smallest absolute Gasteiger partial charge is 0.322 e. The SMILES string of the molecule is COCCc1noc(CN(C)C(=O)Nc2cccc(-c3nnn(C)n3)c2)n1. The van der Waals surface area contributed by atoms with Gasteiger partial charge in [0.05, 0.1) is 13.7 Å². The van der Waals surface area contributed by atoms with Crippen LogP contribution in [0.15, 0.2) is 28.8 Å². The highest BCUT2D eigenvalue weighted by Gasteiger charge is 2.15. The summed E-state index contributed by atoms with van der Waals surface area (Å²) in [4.78, 5) is 19.5. The van der Waals surface area contributed by atoms with E-state index in [1.807, 2.05) is 6.07 Å². The first kappa shape index (κ1) is 18.5. The molecule has 3 aromatic rings. The normalized spacial score (nSPS) is 10.8. The maximum atomic E-state index is 12.4. The summed E-state index contributed by atoms with van der Waals surface area (Å²) < 4.78 is 10.1. The Bertz CT molecular complexity index is 906. The van der Waals surface area contributed by atoms with Crippen LogP contribution in [-0.2, 0) is 24.8 Å². The minimum atomic E-state index is -0.309. The molecule has 2 aromatic heterocycles. The highest BCUT2D eigenvalue weighted by molar-refractivity contribution is 5.89. The van der Waals surface area contributed by atoms with Crippen LogP contribution in [0.4, 0.5) is 10.5 Å². The van der Waals surface area contributed by atoms with Crippen molar-refractivity contribution in [3.8, 4) is 11.4 Å². The molecule has 0 bridgehead atoms. The summed E-state index contributed by atoms with van der Waals surface area (Å²) in [6, 6.07) is 6.90. The maximum Gasteiger partial charge on any atom is 0.322 e. The quantitative estimate of drug-likeness (QED) is 0.654. The number of amides is 2. The number of nitrogens with one attached hydrogen (secondary N) is 1. The number of methoxy groups -OCH3 is 1. The zero-order valence-electron chi connectivity index (χ0n) is 15.3. The molecular formula is C16H20N8O3. The third-order valence-corrected chi connectivity index (χ3v) is 3.64. The third kappa shape index (κ3) is 4.85. The average molecular weight is 372 g/mol. The fourth-order valence-corrected chi connectivity index (χ4v) is 2.28. The van der Waals surface area contributed by atoms with E-state index in [1.54, 1.807) is 39.4 Å². The van der Waals surface area contributed by atoms with E-state index in [4.69, 9.17) is 9.26 Å². The molecule has 3 rings (SSSR count). The first-order valence-electron chi connectivity index (χ1n) is 8.22. The van der Waals surface area contributed by atoms with E-state index in [9.17, 15) is 4.79 Å². The molecule has 0 aliphatic carbocycles. The van der Waals surface area contributed by atoms with Crippen LogP contribution in [0.1, 0.15) is 11.7 Å². The van der Waals surface area contributed by atoms with E-state index in [-0.39, 0.29) is 12.6 Å². The van der Waals surface area contributed by atoms with Gasteiger partial charge < -0.3 is 19.5 Å². The van der Waals surface area contributed by atoms with Gasteiger partial charge in [-0.2, -0.15) is 9.78 Å². The number of carbonyl (C=O) groups excluding carboxylic acids is 1. The van der Waals surface area contributed by atoms with E-state index >= 15 is 0 Å². The zero-order chi connectivity index (χ0) is 19.2. The van der Waals surface area contributed by atoms with Crippen LogP contribution in [0, 0.1) is 0 Å². The summed E-state index contributed by atoms with van der Waals surface area (Å²) >= 11 is 0. The molecule has 0 radical (unpaired) electrons.